The number of para-hydroxylation sites is 1. The van der Waals surface area contributed by atoms with Crippen LogP contribution in [0.4, 0.5) is 5.69 Å². The third kappa shape index (κ3) is 5.22. The molecule has 0 saturated carbocycles. The number of carboxylic acid groups (broad SMARTS) is 2. The smallest absolute Gasteiger partial charge is 0.328 e. The number of rotatable bonds is 4. The van der Waals surface area contributed by atoms with E-state index in [-0.39, 0.29) is 11.6 Å². The minimum atomic E-state index is -1.26. The molecular weight excluding hydrogens is 480 g/mol. The average molecular weight is 519 g/mol. The van der Waals surface area contributed by atoms with E-state index in [1.54, 1.807) is 16.7 Å². The monoisotopic (exact) mass is 518 g/mol. The van der Waals surface area contributed by atoms with Crippen molar-refractivity contribution in [1.82, 2.24) is 4.90 Å². The van der Waals surface area contributed by atoms with Crippen molar-refractivity contribution in [3.8, 4) is 0 Å². The van der Waals surface area contributed by atoms with Crippen LogP contribution in [0, 0.1) is 0 Å². The predicted molar refractivity (Wildman–Crippen MR) is 146 cm³/mol. The Hall–Kier alpha value is -3.16. The van der Waals surface area contributed by atoms with E-state index in [1.165, 1.54) is 37.8 Å². The highest BCUT2D eigenvalue weighted by Crippen LogP contribution is 2.49. The molecule has 3 unspecified atom stereocenters. The third-order valence-electron chi connectivity index (χ3n) is 9.11. The quantitative estimate of drug-likeness (QED) is 0.502. The van der Waals surface area contributed by atoms with Crippen molar-refractivity contribution in [2.45, 2.75) is 75.0 Å². The van der Waals surface area contributed by atoms with Gasteiger partial charge in [0.1, 0.15) is 0 Å². The van der Waals surface area contributed by atoms with Gasteiger partial charge in [-0.2, -0.15) is 0 Å². The first-order chi connectivity index (χ1) is 18.4. The van der Waals surface area contributed by atoms with E-state index >= 15 is 0 Å². The number of anilines is 1. The summed E-state index contributed by atoms with van der Waals surface area (Å²) in [5.74, 6) is -1.71. The molecule has 202 valence electrons. The lowest BCUT2D eigenvalue weighted by Crippen LogP contribution is -2.58. The molecule has 2 aliphatic carbocycles. The van der Waals surface area contributed by atoms with Gasteiger partial charge in [0.15, 0.2) is 0 Å². The molecule has 0 amide bonds. The third-order valence-corrected chi connectivity index (χ3v) is 9.11. The fourth-order valence-electron chi connectivity index (χ4n) is 7.39. The van der Waals surface area contributed by atoms with Crippen molar-refractivity contribution in [1.29, 1.82) is 0 Å². The topological polar surface area (TPSA) is 101 Å². The number of aliphatic carboxylic acids is 2. The van der Waals surface area contributed by atoms with Crippen LogP contribution >= 0.6 is 0 Å². The molecule has 2 aromatic carbocycles. The molecule has 0 aromatic heterocycles. The molecule has 0 bridgehead atoms. The fraction of sp³-hybridized carbons (Fsp3) is 0.484. The van der Waals surface area contributed by atoms with Crippen LogP contribution in [0.3, 0.4) is 0 Å². The van der Waals surface area contributed by atoms with Gasteiger partial charge in [-0.05, 0) is 86.1 Å². The summed E-state index contributed by atoms with van der Waals surface area (Å²) >= 11 is 0. The van der Waals surface area contributed by atoms with Crippen LogP contribution < -0.4 is 4.90 Å². The molecule has 7 nitrogen and oxygen atoms in total. The van der Waals surface area contributed by atoms with Gasteiger partial charge in [-0.15, -0.1) is 0 Å². The number of aliphatic hydroxyl groups is 1. The second-order valence-corrected chi connectivity index (χ2v) is 11.0. The first-order valence-electron chi connectivity index (χ1n) is 13.9. The summed E-state index contributed by atoms with van der Waals surface area (Å²) in [5, 5.41) is 26.7. The maximum absolute atomic E-state index is 11.0. The molecule has 2 saturated heterocycles. The van der Waals surface area contributed by atoms with Gasteiger partial charge in [0, 0.05) is 43.5 Å². The Balaban J connectivity index is 0.000000323. The molecule has 38 heavy (non-hydrogen) atoms. The van der Waals surface area contributed by atoms with Gasteiger partial charge >= 0.3 is 11.9 Å². The van der Waals surface area contributed by atoms with E-state index in [0.29, 0.717) is 18.2 Å². The van der Waals surface area contributed by atoms with E-state index < -0.39 is 11.9 Å². The number of nitrogens with zero attached hydrogens (tertiary/aromatic N) is 2. The van der Waals surface area contributed by atoms with Crippen LogP contribution in [0.15, 0.2) is 60.7 Å². The lowest BCUT2D eigenvalue weighted by molar-refractivity contribution is -0.134. The second kappa shape index (κ2) is 11.3. The first kappa shape index (κ1) is 26.4. The van der Waals surface area contributed by atoms with Crippen molar-refractivity contribution in [2.75, 3.05) is 24.5 Å². The number of aliphatic hydroxyl groups excluding tert-OH is 1. The van der Waals surface area contributed by atoms with Crippen LogP contribution in [0.25, 0.3) is 0 Å². The number of aryl methyl sites for hydroxylation is 1. The van der Waals surface area contributed by atoms with Crippen LogP contribution in [0.1, 0.15) is 73.6 Å². The number of hydrogen-bond acceptors (Lipinski definition) is 5. The highest BCUT2D eigenvalue weighted by Gasteiger charge is 2.50. The maximum atomic E-state index is 11.0. The van der Waals surface area contributed by atoms with Gasteiger partial charge in [-0.3, -0.25) is 4.90 Å². The standard InChI is InChI=1S/C27H34N2O.C4H4O4/c30-25-14-17-29(22-9-2-1-3-10-22)27(25)15-18-28(19-16-27)24-13-12-21-7-4-6-20-8-5-11-23(24)26(20)21;5-3(6)1-2-4(7)8/h1-3,5,8-11,21,24-25,30H,4,6-7,12-19H2;1-2H,(H,5,6)(H,7,8)/b;2-1+. The van der Waals surface area contributed by atoms with Gasteiger partial charge in [-0.1, -0.05) is 36.4 Å². The molecule has 2 fully saturated rings. The first-order valence-corrected chi connectivity index (χ1v) is 13.9. The summed E-state index contributed by atoms with van der Waals surface area (Å²) in [6.07, 6.45) is 10.6. The van der Waals surface area contributed by atoms with Gasteiger partial charge < -0.3 is 20.2 Å². The summed E-state index contributed by atoms with van der Waals surface area (Å²) in [7, 11) is 0. The van der Waals surface area contributed by atoms with Crippen LogP contribution in [-0.2, 0) is 16.0 Å². The SMILES string of the molecule is O=C(O)/C=C/C(=O)O.OC1CCN(c2ccccc2)C12CCN(C1CCC3CCCc4cccc1c43)CC2. The summed E-state index contributed by atoms with van der Waals surface area (Å²) in [4.78, 5) is 24.4. The number of piperidine rings is 1. The van der Waals surface area contributed by atoms with Crippen molar-refractivity contribution >= 4 is 17.6 Å². The molecule has 7 heteroatoms. The molecule has 2 heterocycles. The minimum absolute atomic E-state index is 0.0782. The molecular formula is C31H38N2O5. The zero-order valence-electron chi connectivity index (χ0n) is 21.8. The van der Waals surface area contributed by atoms with Crippen LogP contribution in [-0.4, -0.2) is 63.4 Å². The molecule has 3 N–H and O–H groups in total. The van der Waals surface area contributed by atoms with Crippen molar-refractivity contribution < 1.29 is 24.9 Å². The van der Waals surface area contributed by atoms with Crippen LogP contribution in [0.2, 0.25) is 0 Å². The highest BCUT2D eigenvalue weighted by atomic mass is 16.4. The van der Waals surface area contributed by atoms with E-state index in [2.05, 4.69) is 58.3 Å². The molecule has 6 rings (SSSR count). The number of carbonyl (C=O) groups is 2. The summed E-state index contributed by atoms with van der Waals surface area (Å²) in [5.41, 5.74) is 6.17. The Bertz CT molecular complexity index is 1160. The molecule has 2 aromatic rings. The Morgan fingerprint density at radius 3 is 2.24 bits per heavy atom. The van der Waals surface area contributed by atoms with Gasteiger partial charge in [0.05, 0.1) is 11.6 Å². The zero-order chi connectivity index (χ0) is 26.7. The largest absolute Gasteiger partial charge is 0.478 e. The molecule has 1 spiro atoms. The lowest BCUT2D eigenvalue weighted by atomic mass is 9.71. The highest BCUT2D eigenvalue weighted by molar-refractivity contribution is 5.89. The fourth-order valence-corrected chi connectivity index (χ4v) is 7.39. The maximum Gasteiger partial charge on any atom is 0.328 e. The van der Waals surface area contributed by atoms with Crippen molar-refractivity contribution in [3.05, 3.63) is 77.4 Å². The normalized spacial score (nSPS) is 26.0. The predicted octanol–water partition coefficient (Wildman–Crippen LogP) is 4.76. The van der Waals surface area contributed by atoms with Gasteiger partial charge in [-0.25, -0.2) is 9.59 Å². The van der Waals surface area contributed by atoms with E-state index in [4.69, 9.17) is 10.2 Å². The number of benzene rings is 2. The van der Waals surface area contributed by atoms with E-state index in [9.17, 15) is 14.7 Å². The van der Waals surface area contributed by atoms with Gasteiger partial charge in [0.25, 0.3) is 0 Å². The van der Waals surface area contributed by atoms with E-state index in [1.807, 2.05) is 0 Å². The second-order valence-electron chi connectivity index (χ2n) is 11.0. The average Bonchev–Trinajstić information content (AvgIpc) is 3.24. The summed E-state index contributed by atoms with van der Waals surface area (Å²) in [6, 6.07) is 18.4. The van der Waals surface area contributed by atoms with Crippen molar-refractivity contribution in [2.24, 2.45) is 0 Å². The Morgan fingerprint density at radius 2 is 1.55 bits per heavy atom. The van der Waals surface area contributed by atoms with E-state index in [0.717, 1.165) is 44.8 Å². The van der Waals surface area contributed by atoms with Crippen molar-refractivity contribution in [3.63, 3.8) is 0 Å². The van der Waals surface area contributed by atoms with Gasteiger partial charge in [0.2, 0.25) is 0 Å². The summed E-state index contributed by atoms with van der Waals surface area (Å²) < 4.78 is 0. The molecule has 2 aliphatic heterocycles. The Morgan fingerprint density at radius 1 is 0.842 bits per heavy atom. The number of carboxylic acids is 2. The molecule has 3 atom stereocenters. The van der Waals surface area contributed by atoms with Crippen LogP contribution in [0.5, 0.6) is 0 Å². The zero-order valence-corrected chi connectivity index (χ0v) is 21.8. The Kier molecular flexibility index (Phi) is 7.86. The number of hydrogen-bond donors (Lipinski definition) is 3. The number of likely N-dealkylation sites (tertiary alicyclic amines) is 1. The minimum Gasteiger partial charge on any atom is -0.478 e. The molecule has 0 radical (unpaired) electrons. The summed E-state index contributed by atoms with van der Waals surface area (Å²) in [6.45, 7) is 3.17. The lowest BCUT2D eigenvalue weighted by Gasteiger charge is -2.50. The Labute approximate surface area is 224 Å². The molecule has 4 aliphatic rings.